The Morgan fingerprint density at radius 1 is 1.20 bits per heavy atom. The van der Waals surface area contributed by atoms with E-state index < -0.39 is 15.4 Å². The number of hydrogen-bond donors (Lipinski definition) is 0. The van der Waals surface area contributed by atoms with Gasteiger partial charge in [-0.25, -0.2) is 23.4 Å². The summed E-state index contributed by atoms with van der Waals surface area (Å²) in [6.07, 6.45) is 2.52. The Morgan fingerprint density at radius 2 is 1.93 bits per heavy atom. The van der Waals surface area contributed by atoms with Crippen molar-refractivity contribution < 1.29 is 13.2 Å². The van der Waals surface area contributed by atoms with Crippen LogP contribution >= 0.6 is 22.9 Å². The van der Waals surface area contributed by atoms with Crippen molar-refractivity contribution in [2.24, 2.45) is 0 Å². The molecule has 0 fully saturated rings. The van der Waals surface area contributed by atoms with Crippen LogP contribution in [0.1, 0.15) is 40.3 Å². The van der Waals surface area contributed by atoms with Crippen LogP contribution in [0.5, 0.6) is 0 Å². The number of benzene rings is 1. The van der Waals surface area contributed by atoms with Gasteiger partial charge >= 0.3 is 0 Å². The molecule has 0 aliphatic carbocycles. The van der Waals surface area contributed by atoms with E-state index in [1.54, 1.807) is 17.9 Å². The van der Waals surface area contributed by atoms with E-state index in [1.165, 1.54) is 17.5 Å². The zero-order valence-corrected chi connectivity index (χ0v) is 19.2. The van der Waals surface area contributed by atoms with Crippen molar-refractivity contribution in [3.05, 3.63) is 57.2 Å². The molecule has 0 saturated carbocycles. The smallest absolute Gasteiger partial charge is 0.274 e. The van der Waals surface area contributed by atoms with Gasteiger partial charge in [0.2, 0.25) is 15.0 Å². The fourth-order valence-corrected chi connectivity index (χ4v) is 5.33. The summed E-state index contributed by atoms with van der Waals surface area (Å²) in [7, 11) is -3.56. The van der Waals surface area contributed by atoms with Crippen LogP contribution in [0.2, 0.25) is 5.02 Å². The minimum atomic E-state index is -3.56. The van der Waals surface area contributed by atoms with Gasteiger partial charge in [-0.1, -0.05) is 23.7 Å². The number of fused-ring (bicyclic) bond motifs is 1. The summed E-state index contributed by atoms with van der Waals surface area (Å²) in [5, 5.41) is 0.869. The van der Waals surface area contributed by atoms with Crippen molar-refractivity contribution in [1.29, 1.82) is 0 Å². The topological polar surface area (TPSA) is 93.1 Å². The third-order valence-corrected chi connectivity index (χ3v) is 7.49. The highest BCUT2D eigenvalue weighted by molar-refractivity contribution is 7.90. The lowest BCUT2D eigenvalue weighted by Crippen LogP contribution is -2.38. The molecule has 7 nitrogen and oxygen atoms in total. The van der Waals surface area contributed by atoms with E-state index in [9.17, 15) is 13.2 Å². The molecule has 0 bridgehead atoms. The molecule has 30 heavy (non-hydrogen) atoms. The first kappa shape index (κ1) is 20.9. The van der Waals surface area contributed by atoms with Gasteiger partial charge in [-0.3, -0.25) is 4.79 Å². The maximum Gasteiger partial charge on any atom is 0.274 e. The van der Waals surface area contributed by atoms with Crippen LogP contribution in [0.3, 0.4) is 0 Å². The molecule has 1 amide bonds. The largest absolute Gasteiger partial charge is 0.323 e. The predicted octanol–water partition coefficient (Wildman–Crippen LogP) is 3.86. The van der Waals surface area contributed by atoms with Crippen molar-refractivity contribution in [1.82, 2.24) is 19.9 Å². The van der Waals surface area contributed by atoms with E-state index in [0.29, 0.717) is 33.5 Å². The zero-order valence-electron chi connectivity index (χ0n) is 16.8. The van der Waals surface area contributed by atoms with Crippen LogP contribution in [-0.4, -0.2) is 40.4 Å². The van der Waals surface area contributed by atoms with Gasteiger partial charge in [-0.05, 0) is 44.0 Å². The van der Waals surface area contributed by atoms with Gasteiger partial charge in [0.25, 0.3) is 5.91 Å². The molecule has 156 valence electrons. The van der Waals surface area contributed by atoms with Crippen LogP contribution in [0.25, 0.3) is 10.7 Å². The molecule has 1 aliphatic rings. The molecule has 0 atom stereocenters. The van der Waals surface area contributed by atoms with Crippen LogP contribution in [0, 0.1) is 6.92 Å². The van der Waals surface area contributed by atoms with Gasteiger partial charge < -0.3 is 4.90 Å². The first-order chi connectivity index (χ1) is 14.0. The molecule has 0 spiro atoms. The van der Waals surface area contributed by atoms with Crippen LogP contribution in [0.15, 0.2) is 35.6 Å². The fraction of sp³-hybridized carbons (Fsp3) is 0.300. The van der Waals surface area contributed by atoms with Crippen molar-refractivity contribution in [3.8, 4) is 10.7 Å². The highest BCUT2D eigenvalue weighted by atomic mass is 35.5. The summed E-state index contributed by atoms with van der Waals surface area (Å²) in [4.78, 5) is 28.4. The quantitative estimate of drug-likeness (QED) is 0.546. The first-order valence-corrected chi connectivity index (χ1v) is 12.2. The van der Waals surface area contributed by atoms with E-state index in [2.05, 4.69) is 15.0 Å². The number of carbonyl (C=O) groups excluding carboxylic acids is 1. The van der Waals surface area contributed by atoms with E-state index >= 15 is 0 Å². The SMILES string of the molecule is Cc1cnc(S(C)(=O)=O)nc1-c1nc2c(s1)C(C)(C)N(Cc1cccc(Cl)c1)C2=O. The number of aryl methyl sites for hydroxylation is 1. The molecule has 10 heteroatoms. The highest BCUT2D eigenvalue weighted by Crippen LogP contribution is 2.45. The number of aromatic nitrogens is 3. The first-order valence-electron chi connectivity index (χ1n) is 9.10. The molecule has 0 unspecified atom stereocenters. The van der Waals surface area contributed by atoms with E-state index in [1.807, 2.05) is 32.0 Å². The Balaban J connectivity index is 1.73. The Bertz CT molecular complexity index is 1280. The molecular formula is C20H19ClN4O3S2. The lowest BCUT2D eigenvalue weighted by molar-refractivity contribution is 0.0595. The molecule has 0 N–H and O–H groups in total. The summed E-state index contributed by atoms with van der Waals surface area (Å²) in [6.45, 7) is 6.14. The average Bonchev–Trinajstić information content (AvgIpc) is 3.16. The minimum absolute atomic E-state index is 0.174. The van der Waals surface area contributed by atoms with Crippen molar-refractivity contribution in [2.45, 2.75) is 38.0 Å². The van der Waals surface area contributed by atoms with Gasteiger partial charge in [-0.2, -0.15) is 0 Å². The maximum atomic E-state index is 13.2. The number of rotatable bonds is 4. The summed E-state index contributed by atoms with van der Waals surface area (Å²) in [6, 6.07) is 7.42. The Kier molecular flexibility index (Phi) is 4.95. The van der Waals surface area contributed by atoms with Crippen molar-refractivity contribution in [2.75, 3.05) is 6.26 Å². The monoisotopic (exact) mass is 462 g/mol. The second-order valence-corrected chi connectivity index (χ2v) is 11.1. The van der Waals surface area contributed by atoms with E-state index in [4.69, 9.17) is 11.6 Å². The second-order valence-electron chi connectivity index (χ2n) is 7.73. The summed E-state index contributed by atoms with van der Waals surface area (Å²) in [5.41, 5.74) is 1.85. The summed E-state index contributed by atoms with van der Waals surface area (Å²) < 4.78 is 23.7. The van der Waals surface area contributed by atoms with Crippen molar-refractivity contribution in [3.63, 3.8) is 0 Å². The molecule has 0 radical (unpaired) electrons. The molecule has 4 rings (SSSR count). The Morgan fingerprint density at radius 3 is 2.57 bits per heavy atom. The number of sulfone groups is 1. The second kappa shape index (κ2) is 7.11. The number of carbonyl (C=O) groups is 1. The molecule has 0 saturated heterocycles. The lowest BCUT2D eigenvalue weighted by atomic mass is 10.0. The van der Waals surface area contributed by atoms with Gasteiger partial charge in [0.15, 0.2) is 0 Å². The van der Waals surface area contributed by atoms with E-state index in [0.717, 1.165) is 16.7 Å². The van der Waals surface area contributed by atoms with Gasteiger partial charge in [-0.15, -0.1) is 11.3 Å². The minimum Gasteiger partial charge on any atom is -0.323 e. The predicted molar refractivity (Wildman–Crippen MR) is 115 cm³/mol. The number of nitrogens with zero attached hydrogens (tertiary/aromatic N) is 4. The molecule has 1 aliphatic heterocycles. The standard InChI is InChI=1S/C20H19ClN4O3S2/c1-11-9-22-19(30(4,27)28)24-14(11)17-23-15-16(29-17)20(2,3)25(18(15)26)10-12-6-5-7-13(21)8-12/h5-9H,10H2,1-4H3. The zero-order chi connectivity index (χ0) is 21.8. The number of thiazole rings is 1. The Hall–Kier alpha value is -2.36. The summed E-state index contributed by atoms with van der Waals surface area (Å²) >= 11 is 7.44. The van der Waals surface area contributed by atoms with Gasteiger partial charge in [0.05, 0.1) is 10.4 Å². The van der Waals surface area contributed by atoms with Crippen LogP contribution in [-0.2, 0) is 21.9 Å². The van der Waals surface area contributed by atoms with Gasteiger partial charge in [0.1, 0.15) is 16.4 Å². The normalized spacial score (nSPS) is 15.5. The average molecular weight is 463 g/mol. The highest BCUT2D eigenvalue weighted by Gasteiger charge is 2.46. The Labute approximate surface area is 183 Å². The van der Waals surface area contributed by atoms with E-state index in [-0.39, 0.29) is 11.1 Å². The number of amides is 1. The third-order valence-electron chi connectivity index (χ3n) is 5.02. The molecule has 3 heterocycles. The lowest BCUT2D eigenvalue weighted by Gasteiger charge is -2.32. The number of hydrogen-bond acceptors (Lipinski definition) is 7. The molecule has 3 aromatic rings. The van der Waals surface area contributed by atoms with Crippen LogP contribution in [0.4, 0.5) is 0 Å². The maximum absolute atomic E-state index is 13.2. The third kappa shape index (κ3) is 3.51. The molecule has 1 aromatic carbocycles. The number of halogens is 1. The fourth-order valence-electron chi connectivity index (χ4n) is 3.39. The van der Waals surface area contributed by atoms with Crippen LogP contribution < -0.4 is 0 Å². The van der Waals surface area contributed by atoms with Crippen molar-refractivity contribution >= 4 is 38.7 Å². The summed E-state index contributed by atoms with van der Waals surface area (Å²) in [5.74, 6) is -0.174. The van der Waals surface area contributed by atoms with Gasteiger partial charge in [0, 0.05) is 24.0 Å². The molecular weight excluding hydrogens is 444 g/mol. The molecule has 2 aromatic heterocycles.